The molecule has 0 heterocycles. The van der Waals surface area contributed by atoms with E-state index in [1.54, 1.807) is 12.1 Å². The topological polar surface area (TPSA) is 86.1 Å². The molecule has 0 aromatic heterocycles. The van der Waals surface area contributed by atoms with Crippen molar-refractivity contribution >= 4 is 6.29 Å². The highest BCUT2D eigenvalue weighted by Gasteiger charge is 2.02. The number of azide groups is 1. The Balaban J connectivity index is 2.80. The van der Waals surface area contributed by atoms with Gasteiger partial charge in [-0.1, -0.05) is 23.0 Å². The molecule has 1 N–H and O–H groups in total. The molecule has 0 amide bonds. The van der Waals surface area contributed by atoms with Gasteiger partial charge in [-0.25, -0.2) is 0 Å². The second kappa shape index (κ2) is 6.12. The Bertz CT molecular complexity index is 494. The summed E-state index contributed by atoms with van der Waals surface area (Å²) < 4.78 is 0. The van der Waals surface area contributed by atoms with E-state index in [1.165, 1.54) is 6.07 Å². The first kappa shape index (κ1) is 11.6. The van der Waals surface area contributed by atoms with Gasteiger partial charge in [-0.3, -0.25) is 4.79 Å². The van der Waals surface area contributed by atoms with Crippen LogP contribution in [0, 0.1) is 11.8 Å². The summed E-state index contributed by atoms with van der Waals surface area (Å²) in [7, 11) is 0. The van der Waals surface area contributed by atoms with Crippen molar-refractivity contribution in [3.05, 3.63) is 39.8 Å². The SMILES string of the molecule is [N-]=[N+]=NCCC#Cc1cccc(C=O)c1O. The summed E-state index contributed by atoms with van der Waals surface area (Å²) in [6.45, 7) is 0.289. The first-order valence-corrected chi connectivity index (χ1v) is 4.56. The molecule has 1 aromatic rings. The summed E-state index contributed by atoms with van der Waals surface area (Å²) in [5.74, 6) is 5.33. The summed E-state index contributed by atoms with van der Waals surface area (Å²) in [5.41, 5.74) is 8.63. The van der Waals surface area contributed by atoms with Gasteiger partial charge >= 0.3 is 0 Å². The number of carbonyl (C=O) groups excluding carboxylic acids is 1. The third kappa shape index (κ3) is 3.05. The van der Waals surface area contributed by atoms with E-state index < -0.39 is 0 Å². The fourth-order valence-electron chi connectivity index (χ4n) is 1.07. The van der Waals surface area contributed by atoms with E-state index in [-0.39, 0.29) is 17.9 Å². The van der Waals surface area contributed by atoms with Crippen molar-refractivity contribution in [3.63, 3.8) is 0 Å². The zero-order valence-electron chi connectivity index (χ0n) is 8.42. The molecule has 5 nitrogen and oxygen atoms in total. The summed E-state index contributed by atoms with van der Waals surface area (Å²) >= 11 is 0. The maximum Gasteiger partial charge on any atom is 0.153 e. The van der Waals surface area contributed by atoms with Crippen LogP contribution in [0.25, 0.3) is 10.4 Å². The van der Waals surface area contributed by atoms with Gasteiger partial charge in [-0.15, -0.1) is 0 Å². The number of aldehydes is 1. The average molecular weight is 215 g/mol. The smallest absolute Gasteiger partial charge is 0.153 e. The Kier molecular flexibility index (Phi) is 4.45. The Morgan fingerprint density at radius 3 is 3.06 bits per heavy atom. The van der Waals surface area contributed by atoms with Crippen LogP contribution < -0.4 is 0 Å². The van der Waals surface area contributed by atoms with Crippen LogP contribution in [0.15, 0.2) is 23.3 Å². The maximum absolute atomic E-state index is 10.5. The second-order valence-corrected chi connectivity index (χ2v) is 2.87. The van der Waals surface area contributed by atoms with Gasteiger partial charge in [0.15, 0.2) is 6.29 Å². The van der Waals surface area contributed by atoms with Crippen LogP contribution >= 0.6 is 0 Å². The number of hydrogen-bond acceptors (Lipinski definition) is 3. The Hall–Kier alpha value is -2.44. The number of carbonyl (C=O) groups is 1. The van der Waals surface area contributed by atoms with E-state index in [4.69, 9.17) is 5.53 Å². The fourth-order valence-corrected chi connectivity index (χ4v) is 1.07. The van der Waals surface area contributed by atoms with E-state index in [2.05, 4.69) is 21.9 Å². The quantitative estimate of drug-likeness (QED) is 0.209. The summed E-state index contributed by atoms with van der Waals surface area (Å²) in [4.78, 5) is 13.1. The first-order chi connectivity index (χ1) is 7.79. The Morgan fingerprint density at radius 1 is 1.56 bits per heavy atom. The molecule has 1 rings (SSSR count). The minimum atomic E-state index is -0.117. The maximum atomic E-state index is 10.5. The number of hydrogen-bond donors (Lipinski definition) is 1. The predicted molar refractivity (Wildman–Crippen MR) is 59.0 cm³/mol. The molecule has 0 radical (unpaired) electrons. The molecule has 1 aromatic carbocycles. The highest BCUT2D eigenvalue weighted by molar-refractivity contribution is 5.80. The number of aromatic hydroxyl groups is 1. The van der Waals surface area contributed by atoms with Crippen LogP contribution in [0.5, 0.6) is 5.75 Å². The number of phenolic OH excluding ortho intramolecular Hbond substituents is 1. The Labute approximate surface area is 92.3 Å². The number of nitrogens with zero attached hydrogens (tertiary/aromatic N) is 3. The Morgan fingerprint density at radius 2 is 2.38 bits per heavy atom. The van der Waals surface area contributed by atoms with Crippen LogP contribution in [0.2, 0.25) is 0 Å². The molecule has 0 bridgehead atoms. The van der Waals surface area contributed by atoms with E-state index >= 15 is 0 Å². The molecule has 0 aliphatic rings. The average Bonchev–Trinajstić information content (AvgIpc) is 2.31. The minimum absolute atomic E-state index is 0.117. The summed E-state index contributed by atoms with van der Waals surface area (Å²) in [6, 6.07) is 4.76. The molecule has 80 valence electrons. The zero-order chi connectivity index (χ0) is 11.8. The molecule has 0 fully saturated rings. The number of phenols is 1. The van der Waals surface area contributed by atoms with Crippen LogP contribution in [0.1, 0.15) is 22.3 Å². The number of para-hydroxylation sites is 1. The minimum Gasteiger partial charge on any atom is -0.506 e. The van der Waals surface area contributed by atoms with E-state index in [0.29, 0.717) is 18.3 Å². The molecule has 0 spiro atoms. The molecule has 0 aliphatic carbocycles. The van der Waals surface area contributed by atoms with Crippen molar-refractivity contribution in [3.8, 4) is 17.6 Å². The number of rotatable bonds is 3. The third-order valence-electron chi connectivity index (χ3n) is 1.82. The molecule has 0 aliphatic heterocycles. The lowest BCUT2D eigenvalue weighted by atomic mass is 10.1. The van der Waals surface area contributed by atoms with Crippen LogP contribution in [-0.2, 0) is 0 Å². The van der Waals surface area contributed by atoms with Gasteiger partial charge in [0, 0.05) is 17.9 Å². The van der Waals surface area contributed by atoms with Gasteiger partial charge in [-0.05, 0) is 17.7 Å². The fraction of sp³-hybridized carbons (Fsp3) is 0.182. The van der Waals surface area contributed by atoms with Gasteiger partial charge in [0.2, 0.25) is 0 Å². The van der Waals surface area contributed by atoms with Crippen molar-refractivity contribution in [2.45, 2.75) is 6.42 Å². The van der Waals surface area contributed by atoms with Crippen LogP contribution in [-0.4, -0.2) is 17.9 Å². The highest BCUT2D eigenvalue weighted by Crippen LogP contribution is 2.19. The van der Waals surface area contributed by atoms with E-state index in [1.807, 2.05) is 0 Å². The highest BCUT2D eigenvalue weighted by atomic mass is 16.3. The second-order valence-electron chi connectivity index (χ2n) is 2.87. The van der Waals surface area contributed by atoms with Crippen molar-refractivity contribution in [2.24, 2.45) is 5.11 Å². The standard InChI is InChI=1S/C11H9N3O2/c12-14-13-7-2-1-4-9-5-3-6-10(8-15)11(9)16/h3,5-6,8,16H,2,7H2. The van der Waals surface area contributed by atoms with Gasteiger partial charge in [0.1, 0.15) is 5.75 Å². The van der Waals surface area contributed by atoms with Crippen molar-refractivity contribution in [1.29, 1.82) is 0 Å². The monoisotopic (exact) mass is 215 g/mol. The van der Waals surface area contributed by atoms with Crippen LogP contribution in [0.4, 0.5) is 0 Å². The normalized spacial score (nSPS) is 8.50. The molecule has 16 heavy (non-hydrogen) atoms. The lowest BCUT2D eigenvalue weighted by molar-refractivity contribution is 0.112. The molecule has 0 saturated carbocycles. The van der Waals surface area contributed by atoms with Gasteiger partial charge in [0.05, 0.1) is 11.1 Å². The van der Waals surface area contributed by atoms with Crippen molar-refractivity contribution in [2.75, 3.05) is 6.54 Å². The van der Waals surface area contributed by atoms with Crippen molar-refractivity contribution in [1.82, 2.24) is 0 Å². The van der Waals surface area contributed by atoms with E-state index in [9.17, 15) is 9.90 Å². The molecule has 0 atom stereocenters. The molecular weight excluding hydrogens is 206 g/mol. The first-order valence-electron chi connectivity index (χ1n) is 4.56. The van der Waals surface area contributed by atoms with Crippen LogP contribution in [0.3, 0.4) is 0 Å². The molecule has 0 saturated heterocycles. The summed E-state index contributed by atoms with van der Waals surface area (Å²) in [6.07, 6.45) is 0.981. The molecule has 5 heteroatoms. The summed E-state index contributed by atoms with van der Waals surface area (Å²) in [5, 5.41) is 12.9. The van der Waals surface area contributed by atoms with E-state index in [0.717, 1.165) is 0 Å². The lowest BCUT2D eigenvalue weighted by Crippen LogP contribution is -1.84. The lowest BCUT2D eigenvalue weighted by Gasteiger charge is -1.98. The molecular formula is C11H9N3O2. The largest absolute Gasteiger partial charge is 0.506 e. The van der Waals surface area contributed by atoms with Crippen molar-refractivity contribution < 1.29 is 9.90 Å². The third-order valence-corrected chi connectivity index (χ3v) is 1.82. The van der Waals surface area contributed by atoms with Gasteiger partial charge in [0.25, 0.3) is 0 Å². The number of benzene rings is 1. The zero-order valence-corrected chi connectivity index (χ0v) is 8.42. The van der Waals surface area contributed by atoms with Gasteiger partial charge in [-0.2, -0.15) is 0 Å². The molecule has 0 unspecified atom stereocenters. The predicted octanol–water partition coefficient (Wildman–Crippen LogP) is 2.26. The van der Waals surface area contributed by atoms with Gasteiger partial charge < -0.3 is 5.11 Å².